The standard InChI is InChI=1S/C19H24N4O/c1-16-4-2-6-18(12-16)22-8-10-23(11-9-22)19(24)15-21-14-17-5-3-7-20-13-17/h2-7,12-13,21H,8-11,14-15H2,1H3. The summed E-state index contributed by atoms with van der Waals surface area (Å²) in [5.41, 5.74) is 3.61. The van der Waals surface area contributed by atoms with Crippen LogP contribution in [0.3, 0.4) is 0 Å². The van der Waals surface area contributed by atoms with Crippen LogP contribution in [0.25, 0.3) is 0 Å². The van der Waals surface area contributed by atoms with Crippen molar-refractivity contribution in [1.82, 2.24) is 15.2 Å². The van der Waals surface area contributed by atoms with Gasteiger partial charge >= 0.3 is 0 Å². The number of nitrogens with zero attached hydrogens (tertiary/aromatic N) is 3. The van der Waals surface area contributed by atoms with Crippen LogP contribution in [0.15, 0.2) is 48.8 Å². The molecule has 1 aromatic carbocycles. The number of benzene rings is 1. The number of anilines is 1. The van der Waals surface area contributed by atoms with Crippen molar-refractivity contribution < 1.29 is 4.79 Å². The molecule has 3 rings (SSSR count). The van der Waals surface area contributed by atoms with Crippen LogP contribution in [0.4, 0.5) is 5.69 Å². The highest BCUT2D eigenvalue weighted by molar-refractivity contribution is 5.78. The Labute approximate surface area is 143 Å². The van der Waals surface area contributed by atoms with Crippen molar-refractivity contribution in [3.8, 4) is 0 Å². The lowest BCUT2D eigenvalue weighted by Gasteiger charge is -2.36. The summed E-state index contributed by atoms with van der Waals surface area (Å²) in [6.45, 7) is 6.48. The second-order valence-electron chi connectivity index (χ2n) is 6.17. The molecule has 1 saturated heterocycles. The Balaban J connectivity index is 1.43. The van der Waals surface area contributed by atoms with E-state index < -0.39 is 0 Å². The molecule has 5 nitrogen and oxygen atoms in total. The van der Waals surface area contributed by atoms with E-state index in [0.717, 1.165) is 31.7 Å². The van der Waals surface area contributed by atoms with E-state index in [1.165, 1.54) is 11.3 Å². The number of carbonyl (C=O) groups is 1. The smallest absolute Gasteiger partial charge is 0.236 e. The first kappa shape index (κ1) is 16.5. The summed E-state index contributed by atoms with van der Waals surface area (Å²) >= 11 is 0. The summed E-state index contributed by atoms with van der Waals surface area (Å²) in [7, 11) is 0. The molecule has 1 fully saturated rings. The van der Waals surface area contributed by atoms with Crippen molar-refractivity contribution in [2.45, 2.75) is 13.5 Å². The summed E-state index contributed by atoms with van der Waals surface area (Å²) in [5.74, 6) is 0.169. The van der Waals surface area contributed by atoms with Gasteiger partial charge in [0, 0.05) is 50.8 Å². The highest BCUT2D eigenvalue weighted by Gasteiger charge is 2.20. The summed E-state index contributed by atoms with van der Waals surface area (Å²) in [5, 5.41) is 3.20. The van der Waals surface area contributed by atoms with Crippen molar-refractivity contribution >= 4 is 11.6 Å². The first-order valence-corrected chi connectivity index (χ1v) is 8.41. The molecule has 2 aromatic rings. The molecule has 0 unspecified atom stereocenters. The highest BCUT2D eigenvalue weighted by atomic mass is 16.2. The quantitative estimate of drug-likeness (QED) is 0.911. The molecule has 1 N–H and O–H groups in total. The third kappa shape index (κ3) is 4.32. The molecule has 1 aliphatic heterocycles. The maximum absolute atomic E-state index is 12.3. The first-order valence-electron chi connectivity index (χ1n) is 8.41. The van der Waals surface area contributed by atoms with E-state index in [1.807, 2.05) is 23.2 Å². The predicted molar refractivity (Wildman–Crippen MR) is 95.9 cm³/mol. The molecule has 2 heterocycles. The highest BCUT2D eigenvalue weighted by Crippen LogP contribution is 2.17. The van der Waals surface area contributed by atoms with Gasteiger partial charge in [-0.05, 0) is 36.2 Å². The zero-order valence-electron chi connectivity index (χ0n) is 14.1. The molecule has 126 valence electrons. The Bertz CT molecular complexity index is 666. The number of nitrogens with one attached hydrogen (secondary N) is 1. The molecular formula is C19H24N4O. The molecule has 0 aliphatic carbocycles. The molecule has 24 heavy (non-hydrogen) atoms. The zero-order chi connectivity index (χ0) is 16.8. The average molecular weight is 324 g/mol. The maximum Gasteiger partial charge on any atom is 0.236 e. The van der Waals surface area contributed by atoms with Crippen molar-refractivity contribution in [3.63, 3.8) is 0 Å². The largest absolute Gasteiger partial charge is 0.368 e. The van der Waals surface area contributed by atoms with Crippen molar-refractivity contribution in [1.29, 1.82) is 0 Å². The number of aromatic nitrogens is 1. The topological polar surface area (TPSA) is 48.5 Å². The molecule has 0 spiro atoms. The average Bonchev–Trinajstić information content (AvgIpc) is 2.63. The van der Waals surface area contributed by atoms with Gasteiger partial charge in [-0.3, -0.25) is 9.78 Å². The monoisotopic (exact) mass is 324 g/mol. The Morgan fingerprint density at radius 2 is 2.00 bits per heavy atom. The number of rotatable bonds is 5. The minimum atomic E-state index is 0.169. The number of hydrogen-bond acceptors (Lipinski definition) is 4. The lowest BCUT2D eigenvalue weighted by atomic mass is 10.2. The van der Waals surface area contributed by atoms with Gasteiger partial charge in [0.1, 0.15) is 0 Å². The van der Waals surface area contributed by atoms with E-state index in [9.17, 15) is 4.79 Å². The van der Waals surface area contributed by atoms with E-state index >= 15 is 0 Å². The lowest BCUT2D eigenvalue weighted by Crippen LogP contribution is -2.50. The van der Waals surface area contributed by atoms with Crippen LogP contribution in [0.2, 0.25) is 0 Å². The molecule has 0 radical (unpaired) electrons. The fraction of sp³-hybridized carbons (Fsp3) is 0.368. The second kappa shape index (κ2) is 7.93. The van der Waals surface area contributed by atoms with Gasteiger partial charge in [-0.2, -0.15) is 0 Å². The van der Waals surface area contributed by atoms with E-state index in [4.69, 9.17) is 0 Å². The van der Waals surface area contributed by atoms with E-state index in [1.54, 1.807) is 6.20 Å². The van der Waals surface area contributed by atoms with Crippen LogP contribution in [0, 0.1) is 6.92 Å². The van der Waals surface area contributed by atoms with Gasteiger partial charge < -0.3 is 15.1 Å². The van der Waals surface area contributed by atoms with Gasteiger partial charge in [0.05, 0.1) is 6.54 Å². The third-order valence-corrected chi connectivity index (χ3v) is 4.33. The van der Waals surface area contributed by atoms with E-state index in [-0.39, 0.29) is 5.91 Å². The maximum atomic E-state index is 12.3. The van der Waals surface area contributed by atoms with Gasteiger partial charge in [0.15, 0.2) is 0 Å². The van der Waals surface area contributed by atoms with Gasteiger partial charge in [-0.25, -0.2) is 0 Å². The van der Waals surface area contributed by atoms with Crippen molar-refractivity contribution in [2.75, 3.05) is 37.6 Å². The van der Waals surface area contributed by atoms with Crippen molar-refractivity contribution in [2.24, 2.45) is 0 Å². The minimum absolute atomic E-state index is 0.169. The molecule has 0 saturated carbocycles. The Morgan fingerprint density at radius 3 is 2.71 bits per heavy atom. The van der Waals surface area contributed by atoms with Crippen LogP contribution in [-0.2, 0) is 11.3 Å². The SMILES string of the molecule is Cc1cccc(N2CCN(C(=O)CNCc3cccnc3)CC2)c1. The van der Waals surface area contributed by atoms with E-state index in [2.05, 4.69) is 46.4 Å². The van der Waals surface area contributed by atoms with Gasteiger partial charge in [0.25, 0.3) is 0 Å². The molecule has 1 amide bonds. The fourth-order valence-corrected chi connectivity index (χ4v) is 2.97. The number of aryl methyl sites for hydroxylation is 1. The third-order valence-electron chi connectivity index (χ3n) is 4.33. The Morgan fingerprint density at radius 1 is 1.17 bits per heavy atom. The molecule has 1 aromatic heterocycles. The first-order chi connectivity index (χ1) is 11.7. The normalized spacial score (nSPS) is 14.7. The Kier molecular flexibility index (Phi) is 5.43. The van der Waals surface area contributed by atoms with Crippen molar-refractivity contribution in [3.05, 3.63) is 59.9 Å². The molecule has 0 atom stereocenters. The van der Waals surface area contributed by atoms with Crippen LogP contribution in [-0.4, -0.2) is 48.5 Å². The summed E-state index contributed by atoms with van der Waals surface area (Å²) < 4.78 is 0. The zero-order valence-corrected chi connectivity index (χ0v) is 14.1. The predicted octanol–water partition coefficient (Wildman–Crippen LogP) is 1.83. The minimum Gasteiger partial charge on any atom is -0.368 e. The molecule has 1 aliphatic rings. The Hall–Kier alpha value is -2.40. The summed E-state index contributed by atoms with van der Waals surface area (Å²) in [6.07, 6.45) is 3.57. The summed E-state index contributed by atoms with van der Waals surface area (Å²) in [4.78, 5) is 20.7. The van der Waals surface area contributed by atoms with Gasteiger partial charge in [-0.15, -0.1) is 0 Å². The van der Waals surface area contributed by atoms with Crippen LogP contribution in [0.1, 0.15) is 11.1 Å². The van der Waals surface area contributed by atoms with Crippen LogP contribution >= 0.6 is 0 Å². The molecule has 0 bridgehead atoms. The molecule has 5 heteroatoms. The van der Waals surface area contributed by atoms with Crippen LogP contribution in [0.5, 0.6) is 0 Å². The molecular weight excluding hydrogens is 300 g/mol. The van der Waals surface area contributed by atoms with Gasteiger partial charge in [-0.1, -0.05) is 18.2 Å². The number of pyridine rings is 1. The summed E-state index contributed by atoms with van der Waals surface area (Å²) in [6, 6.07) is 12.4. The number of amides is 1. The lowest BCUT2D eigenvalue weighted by molar-refractivity contribution is -0.130. The number of carbonyl (C=O) groups excluding carboxylic acids is 1. The van der Waals surface area contributed by atoms with Crippen LogP contribution < -0.4 is 10.2 Å². The van der Waals surface area contributed by atoms with E-state index in [0.29, 0.717) is 13.1 Å². The number of hydrogen-bond donors (Lipinski definition) is 1. The fourth-order valence-electron chi connectivity index (χ4n) is 2.97. The van der Waals surface area contributed by atoms with Gasteiger partial charge in [0.2, 0.25) is 5.91 Å². The number of piperazine rings is 1. The second-order valence-corrected chi connectivity index (χ2v) is 6.17.